The molecule has 1 aromatic rings. The fraction of sp³-hybridized carbons (Fsp3) is 0.800. The first-order chi connectivity index (χ1) is 10.3. The molecule has 2 atom stereocenters. The maximum atomic E-state index is 9.47. The van der Waals surface area contributed by atoms with Gasteiger partial charge < -0.3 is 4.57 Å². The molecular weight excluding hydrogens is 282 g/mol. The van der Waals surface area contributed by atoms with Crippen LogP contribution >= 0.6 is 11.8 Å². The van der Waals surface area contributed by atoms with E-state index in [-0.39, 0.29) is 5.54 Å². The van der Waals surface area contributed by atoms with Gasteiger partial charge in [-0.2, -0.15) is 5.26 Å². The number of fused-ring (bicyclic) bond motifs is 1. The first-order valence-corrected chi connectivity index (χ1v) is 8.89. The van der Waals surface area contributed by atoms with Gasteiger partial charge in [0.15, 0.2) is 5.16 Å². The smallest absolute Gasteiger partial charge is 0.191 e. The van der Waals surface area contributed by atoms with Crippen molar-refractivity contribution in [3.8, 4) is 6.07 Å². The number of hydrogen-bond acceptors (Lipinski definition) is 5. The highest BCUT2D eigenvalue weighted by atomic mass is 32.2. The second-order valence-corrected chi connectivity index (χ2v) is 7.34. The highest BCUT2D eigenvalue weighted by molar-refractivity contribution is 7.99. The topological polar surface area (TPSA) is 66.5 Å². The Kier molecular flexibility index (Phi) is 4.51. The molecule has 0 radical (unpaired) electrons. The summed E-state index contributed by atoms with van der Waals surface area (Å²) in [5, 5.41) is 23.1. The molecule has 1 saturated carbocycles. The van der Waals surface area contributed by atoms with E-state index in [1.165, 1.54) is 19.3 Å². The summed E-state index contributed by atoms with van der Waals surface area (Å²) in [4.78, 5) is 0. The highest BCUT2D eigenvalue weighted by Gasteiger charge is 2.39. The van der Waals surface area contributed by atoms with E-state index in [2.05, 4.69) is 33.1 Å². The van der Waals surface area contributed by atoms with Gasteiger partial charge in [-0.05, 0) is 38.6 Å². The summed E-state index contributed by atoms with van der Waals surface area (Å²) in [6.45, 7) is 3.97. The van der Waals surface area contributed by atoms with Crippen molar-refractivity contribution in [1.82, 2.24) is 20.1 Å². The Morgan fingerprint density at radius 1 is 1.43 bits per heavy atom. The van der Waals surface area contributed by atoms with E-state index in [9.17, 15) is 5.26 Å². The molecule has 6 heteroatoms. The normalized spacial score (nSPS) is 28.9. The van der Waals surface area contributed by atoms with Gasteiger partial charge in [-0.3, -0.25) is 5.32 Å². The van der Waals surface area contributed by atoms with Crippen molar-refractivity contribution < 1.29 is 0 Å². The summed E-state index contributed by atoms with van der Waals surface area (Å²) in [5.41, 5.74) is -0.325. The monoisotopic (exact) mass is 305 g/mol. The molecule has 0 amide bonds. The summed E-state index contributed by atoms with van der Waals surface area (Å²) < 4.78 is 2.30. The summed E-state index contributed by atoms with van der Waals surface area (Å²) in [7, 11) is 0. The van der Waals surface area contributed by atoms with Crippen LogP contribution in [0.15, 0.2) is 5.16 Å². The van der Waals surface area contributed by atoms with Crippen molar-refractivity contribution in [1.29, 1.82) is 5.26 Å². The van der Waals surface area contributed by atoms with Gasteiger partial charge in [-0.15, -0.1) is 10.2 Å². The predicted octanol–water partition coefficient (Wildman–Crippen LogP) is 2.52. The fourth-order valence-corrected chi connectivity index (χ4v) is 4.75. The quantitative estimate of drug-likeness (QED) is 0.926. The van der Waals surface area contributed by atoms with E-state index >= 15 is 0 Å². The standard InChI is InChI=1S/C15H23N5S/c1-2-17-15(11-16)8-7-12(10-15)21-14-19-18-13-6-4-3-5-9-20(13)14/h12,17H,2-10H2,1H3. The predicted molar refractivity (Wildman–Crippen MR) is 83.1 cm³/mol. The molecule has 21 heavy (non-hydrogen) atoms. The van der Waals surface area contributed by atoms with Crippen molar-refractivity contribution in [3.05, 3.63) is 5.82 Å². The maximum Gasteiger partial charge on any atom is 0.191 e. The number of thioether (sulfide) groups is 1. The highest BCUT2D eigenvalue weighted by Crippen LogP contribution is 2.39. The van der Waals surface area contributed by atoms with Gasteiger partial charge in [-0.1, -0.05) is 25.1 Å². The van der Waals surface area contributed by atoms with E-state index in [1.54, 1.807) is 0 Å². The molecule has 2 aliphatic rings. The number of aryl methyl sites for hydroxylation is 1. The first-order valence-electron chi connectivity index (χ1n) is 8.01. The Morgan fingerprint density at radius 3 is 3.14 bits per heavy atom. The van der Waals surface area contributed by atoms with Gasteiger partial charge in [0.25, 0.3) is 0 Å². The van der Waals surface area contributed by atoms with E-state index < -0.39 is 0 Å². The summed E-state index contributed by atoms with van der Waals surface area (Å²) in [6, 6.07) is 2.49. The van der Waals surface area contributed by atoms with Gasteiger partial charge in [0.2, 0.25) is 0 Å². The molecule has 0 saturated heterocycles. The molecule has 3 rings (SSSR count). The van der Waals surface area contributed by atoms with Crippen LogP contribution in [0.3, 0.4) is 0 Å². The van der Waals surface area contributed by atoms with Gasteiger partial charge in [0.1, 0.15) is 11.4 Å². The Morgan fingerprint density at radius 2 is 2.33 bits per heavy atom. The van der Waals surface area contributed by atoms with Crippen LogP contribution < -0.4 is 5.32 Å². The molecule has 0 spiro atoms. The van der Waals surface area contributed by atoms with Crippen LogP contribution in [-0.2, 0) is 13.0 Å². The van der Waals surface area contributed by atoms with Gasteiger partial charge in [0.05, 0.1) is 6.07 Å². The molecule has 1 fully saturated rings. The molecule has 1 N–H and O–H groups in total. The zero-order valence-electron chi connectivity index (χ0n) is 12.6. The molecular formula is C15H23N5S. The van der Waals surface area contributed by atoms with Gasteiger partial charge >= 0.3 is 0 Å². The van der Waals surface area contributed by atoms with Crippen LogP contribution in [0.1, 0.15) is 51.3 Å². The second kappa shape index (κ2) is 6.37. The van der Waals surface area contributed by atoms with Crippen LogP contribution in [0.4, 0.5) is 0 Å². The maximum absolute atomic E-state index is 9.47. The molecule has 1 aliphatic carbocycles. The number of hydrogen-bond donors (Lipinski definition) is 1. The van der Waals surface area contributed by atoms with Gasteiger partial charge in [-0.25, -0.2) is 0 Å². The zero-order chi connectivity index (χ0) is 14.7. The SMILES string of the molecule is CCNC1(C#N)CCC(Sc2nnc3n2CCCCC3)C1. The first kappa shape index (κ1) is 14.9. The van der Waals surface area contributed by atoms with Crippen molar-refractivity contribution in [2.75, 3.05) is 6.54 Å². The molecule has 0 bridgehead atoms. The van der Waals surface area contributed by atoms with Crippen LogP contribution in [0, 0.1) is 11.3 Å². The van der Waals surface area contributed by atoms with E-state index in [1.807, 2.05) is 11.8 Å². The largest absolute Gasteiger partial charge is 0.306 e. The molecule has 5 nitrogen and oxygen atoms in total. The average Bonchev–Trinajstić information content (AvgIpc) is 2.98. The lowest BCUT2D eigenvalue weighted by atomic mass is 10.0. The van der Waals surface area contributed by atoms with Crippen LogP contribution in [0.25, 0.3) is 0 Å². The average molecular weight is 305 g/mol. The number of nitrogens with one attached hydrogen (secondary N) is 1. The number of nitriles is 1. The summed E-state index contributed by atoms with van der Waals surface area (Å²) in [6.07, 6.45) is 7.72. The van der Waals surface area contributed by atoms with Crippen molar-refractivity contribution in [2.45, 2.75) is 74.4 Å². The Hall–Kier alpha value is -1.06. The minimum Gasteiger partial charge on any atom is -0.306 e. The van der Waals surface area contributed by atoms with Crippen molar-refractivity contribution >= 4 is 11.8 Å². The Balaban J connectivity index is 1.68. The van der Waals surface area contributed by atoms with Crippen molar-refractivity contribution in [2.24, 2.45) is 0 Å². The number of rotatable bonds is 4. The second-order valence-electron chi connectivity index (χ2n) is 6.07. The lowest BCUT2D eigenvalue weighted by Crippen LogP contribution is -2.41. The number of aromatic nitrogens is 3. The molecule has 2 heterocycles. The zero-order valence-corrected chi connectivity index (χ0v) is 13.5. The minimum atomic E-state index is -0.325. The molecule has 1 aliphatic heterocycles. The Labute approximate surface area is 130 Å². The third-order valence-corrected chi connectivity index (χ3v) is 5.79. The summed E-state index contributed by atoms with van der Waals surface area (Å²) in [5.74, 6) is 1.14. The number of nitrogens with zero attached hydrogens (tertiary/aromatic N) is 4. The molecule has 0 aromatic carbocycles. The van der Waals surface area contributed by atoms with E-state index in [4.69, 9.17) is 0 Å². The van der Waals surface area contributed by atoms with Crippen LogP contribution in [0.5, 0.6) is 0 Å². The summed E-state index contributed by atoms with van der Waals surface area (Å²) >= 11 is 1.82. The third-order valence-electron chi connectivity index (χ3n) is 4.55. The van der Waals surface area contributed by atoms with Crippen molar-refractivity contribution in [3.63, 3.8) is 0 Å². The molecule has 1 aromatic heterocycles. The lowest BCUT2D eigenvalue weighted by Gasteiger charge is -2.21. The van der Waals surface area contributed by atoms with E-state index in [0.717, 1.165) is 49.8 Å². The lowest BCUT2D eigenvalue weighted by molar-refractivity contribution is 0.436. The van der Waals surface area contributed by atoms with Crippen LogP contribution in [0.2, 0.25) is 0 Å². The fourth-order valence-electron chi connectivity index (χ4n) is 3.44. The van der Waals surface area contributed by atoms with Crippen LogP contribution in [-0.4, -0.2) is 32.1 Å². The van der Waals surface area contributed by atoms with Gasteiger partial charge in [0, 0.05) is 18.2 Å². The molecule has 2 unspecified atom stereocenters. The van der Waals surface area contributed by atoms with E-state index in [0.29, 0.717) is 5.25 Å². The molecule has 114 valence electrons. The Bertz CT molecular complexity index is 535. The minimum absolute atomic E-state index is 0.325. The third kappa shape index (κ3) is 3.09.